The number of ether oxygens (including phenoxy) is 2. The fraction of sp³-hybridized carbons (Fsp3) is 0.300. The van der Waals surface area contributed by atoms with Crippen LogP contribution in [-0.4, -0.2) is 33.1 Å². The average molecular weight is 356 g/mol. The minimum atomic E-state index is -0.157. The maximum absolute atomic E-state index is 12.2. The van der Waals surface area contributed by atoms with Gasteiger partial charge in [0, 0.05) is 49.5 Å². The summed E-state index contributed by atoms with van der Waals surface area (Å²) in [5.41, 5.74) is 1.43. The fourth-order valence-corrected chi connectivity index (χ4v) is 2.47. The number of amides is 2. The number of methoxy groups -OCH3 is 2. The number of para-hydroxylation sites is 1. The first-order valence-electron chi connectivity index (χ1n) is 8.38. The van der Waals surface area contributed by atoms with Gasteiger partial charge in [0.25, 0.3) is 0 Å². The molecular weight excluding hydrogens is 332 g/mol. The summed E-state index contributed by atoms with van der Waals surface area (Å²) < 4.78 is 10.4. The third kappa shape index (κ3) is 5.51. The summed E-state index contributed by atoms with van der Waals surface area (Å²) in [6.45, 7) is 0. The third-order valence-corrected chi connectivity index (χ3v) is 3.95. The van der Waals surface area contributed by atoms with Crippen molar-refractivity contribution < 1.29 is 19.1 Å². The van der Waals surface area contributed by atoms with Gasteiger partial charge in [0.2, 0.25) is 11.8 Å². The molecule has 2 amide bonds. The molecular formula is C20H24N2O4. The average Bonchev–Trinajstić information content (AvgIpc) is 2.67. The molecule has 0 unspecified atom stereocenters. The minimum Gasteiger partial charge on any atom is -0.497 e. The molecule has 0 aliphatic heterocycles. The predicted octanol–water partition coefficient (Wildman–Crippen LogP) is 3.48. The van der Waals surface area contributed by atoms with Gasteiger partial charge in [-0.1, -0.05) is 18.2 Å². The highest BCUT2D eigenvalue weighted by Crippen LogP contribution is 2.26. The Kier molecular flexibility index (Phi) is 7.02. The second-order valence-corrected chi connectivity index (χ2v) is 5.79. The quantitative estimate of drug-likeness (QED) is 0.786. The van der Waals surface area contributed by atoms with Crippen LogP contribution in [-0.2, 0) is 9.59 Å². The number of carbonyl (C=O) groups excluding carboxylic acids is 2. The molecule has 2 aromatic carbocycles. The van der Waals surface area contributed by atoms with Crippen LogP contribution in [0.25, 0.3) is 0 Å². The van der Waals surface area contributed by atoms with Crippen LogP contribution in [0.5, 0.6) is 11.5 Å². The smallest absolute Gasteiger partial charge is 0.226 e. The number of benzene rings is 2. The molecule has 2 rings (SSSR count). The van der Waals surface area contributed by atoms with Crippen LogP contribution < -0.4 is 19.7 Å². The lowest BCUT2D eigenvalue weighted by Crippen LogP contribution is -2.26. The fourth-order valence-electron chi connectivity index (χ4n) is 2.47. The number of nitrogens with one attached hydrogen (secondary N) is 1. The van der Waals surface area contributed by atoms with E-state index in [0.717, 1.165) is 5.69 Å². The first kappa shape index (κ1) is 19.3. The number of hydrogen-bond acceptors (Lipinski definition) is 4. The Balaban J connectivity index is 1.83. The number of rotatable bonds is 8. The zero-order chi connectivity index (χ0) is 18.9. The molecule has 2 aromatic rings. The van der Waals surface area contributed by atoms with Gasteiger partial charge < -0.3 is 19.7 Å². The Bertz CT molecular complexity index is 724. The molecule has 138 valence electrons. The summed E-state index contributed by atoms with van der Waals surface area (Å²) in [7, 11) is 4.84. The van der Waals surface area contributed by atoms with Gasteiger partial charge in [-0.15, -0.1) is 0 Å². The molecule has 0 aromatic heterocycles. The highest BCUT2D eigenvalue weighted by molar-refractivity contribution is 5.94. The summed E-state index contributed by atoms with van der Waals surface area (Å²) in [5.74, 6) is 1.01. The van der Waals surface area contributed by atoms with Crippen LogP contribution in [0.4, 0.5) is 11.4 Å². The van der Waals surface area contributed by atoms with Gasteiger partial charge in [0.15, 0.2) is 0 Å². The summed E-state index contributed by atoms with van der Waals surface area (Å²) >= 11 is 0. The molecule has 0 radical (unpaired) electrons. The van der Waals surface area contributed by atoms with E-state index in [2.05, 4.69) is 5.32 Å². The van der Waals surface area contributed by atoms with Gasteiger partial charge in [0.05, 0.1) is 14.2 Å². The molecule has 26 heavy (non-hydrogen) atoms. The number of hydrogen-bond donors (Lipinski definition) is 1. The van der Waals surface area contributed by atoms with E-state index in [9.17, 15) is 9.59 Å². The van der Waals surface area contributed by atoms with Crippen molar-refractivity contribution in [1.82, 2.24) is 0 Å². The summed E-state index contributed by atoms with van der Waals surface area (Å²) in [4.78, 5) is 25.9. The van der Waals surface area contributed by atoms with Crippen molar-refractivity contribution in [2.45, 2.75) is 19.3 Å². The van der Waals surface area contributed by atoms with Crippen LogP contribution in [0.3, 0.4) is 0 Å². The van der Waals surface area contributed by atoms with Crippen LogP contribution in [0.15, 0.2) is 48.5 Å². The topological polar surface area (TPSA) is 67.9 Å². The van der Waals surface area contributed by atoms with Gasteiger partial charge in [-0.2, -0.15) is 0 Å². The summed E-state index contributed by atoms with van der Waals surface area (Å²) in [6, 6.07) is 14.6. The molecule has 1 N–H and O–H groups in total. The first-order valence-corrected chi connectivity index (χ1v) is 8.38. The van der Waals surface area contributed by atoms with Crippen LogP contribution in [0.2, 0.25) is 0 Å². The molecule has 0 atom stereocenters. The van der Waals surface area contributed by atoms with E-state index in [1.165, 1.54) is 0 Å². The Hall–Kier alpha value is -3.02. The normalized spacial score (nSPS) is 10.1. The lowest BCUT2D eigenvalue weighted by Gasteiger charge is -2.17. The Morgan fingerprint density at radius 3 is 2.15 bits per heavy atom. The molecule has 0 saturated carbocycles. The lowest BCUT2D eigenvalue weighted by molar-refractivity contribution is -0.118. The second kappa shape index (κ2) is 9.46. The van der Waals surface area contributed by atoms with Gasteiger partial charge in [-0.3, -0.25) is 9.59 Å². The van der Waals surface area contributed by atoms with Gasteiger partial charge in [-0.25, -0.2) is 0 Å². The first-order chi connectivity index (χ1) is 12.5. The number of nitrogens with zero attached hydrogens (tertiary/aromatic N) is 1. The number of anilines is 2. The van der Waals surface area contributed by atoms with Crippen LogP contribution in [0, 0.1) is 0 Å². The van der Waals surface area contributed by atoms with Crippen molar-refractivity contribution >= 4 is 23.2 Å². The molecule has 0 saturated heterocycles. The van der Waals surface area contributed by atoms with Gasteiger partial charge in [-0.05, 0) is 18.6 Å². The van der Waals surface area contributed by atoms with E-state index in [0.29, 0.717) is 30.0 Å². The molecule has 0 aliphatic carbocycles. The summed E-state index contributed by atoms with van der Waals surface area (Å²) in [6.07, 6.45) is 1.04. The van der Waals surface area contributed by atoms with Gasteiger partial charge >= 0.3 is 0 Å². The second-order valence-electron chi connectivity index (χ2n) is 5.79. The zero-order valence-corrected chi connectivity index (χ0v) is 15.3. The standard InChI is InChI=1S/C20H24N2O4/c1-22(16-8-5-4-6-9-16)20(24)11-7-10-19(23)21-15-12-17(25-2)14-18(13-15)26-3/h4-6,8-9,12-14H,7,10-11H2,1-3H3,(H,21,23). The molecule has 0 spiro atoms. The molecule has 0 heterocycles. The molecule has 6 nitrogen and oxygen atoms in total. The molecule has 0 fully saturated rings. The molecule has 6 heteroatoms. The van der Waals surface area contributed by atoms with E-state index in [1.807, 2.05) is 30.3 Å². The van der Waals surface area contributed by atoms with Gasteiger partial charge in [0.1, 0.15) is 11.5 Å². The van der Waals surface area contributed by atoms with Crippen molar-refractivity contribution in [3.05, 3.63) is 48.5 Å². The third-order valence-electron chi connectivity index (χ3n) is 3.95. The monoisotopic (exact) mass is 356 g/mol. The van der Waals surface area contributed by atoms with Crippen LogP contribution >= 0.6 is 0 Å². The minimum absolute atomic E-state index is 0.0213. The Morgan fingerprint density at radius 2 is 1.58 bits per heavy atom. The van der Waals surface area contributed by atoms with Crippen molar-refractivity contribution in [2.75, 3.05) is 31.5 Å². The van der Waals surface area contributed by atoms with E-state index in [4.69, 9.17) is 9.47 Å². The highest BCUT2D eigenvalue weighted by atomic mass is 16.5. The van der Waals surface area contributed by atoms with E-state index in [1.54, 1.807) is 44.4 Å². The van der Waals surface area contributed by atoms with Crippen LogP contribution in [0.1, 0.15) is 19.3 Å². The SMILES string of the molecule is COc1cc(NC(=O)CCCC(=O)N(C)c2ccccc2)cc(OC)c1. The maximum atomic E-state index is 12.2. The highest BCUT2D eigenvalue weighted by Gasteiger charge is 2.12. The largest absolute Gasteiger partial charge is 0.497 e. The van der Waals surface area contributed by atoms with Crippen molar-refractivity contribution in [3.8, 4) is 11.5 Å². The van der Waals surface area contributed by atoms with E-state index in [-0.39, 0.29) is 18.2 Å². The Morgan fingerprint density at radius 1 is 0.962 bits per heavy atom. The molecule has 0 bridgehead atoms. The zero-order valence-electron chi connectivity index (χ0n) is 15.3. The maximum Gasteiger partial charge on any atom is 0.226 e. The van der Waals surface area contributed by atoms with E-state index >= 15 is 0 Å². The predicted molar refractivity (Wildman–Crippen MR) is 102 cm³/mol. The van der Waals surface area contributed by atoms with E-state index < -0.39 is 0 Å². The Labute approximate surface area is 153 Å². The summed E-state index contributed by atoms with van der Waals surface area (Å²) in [5, 5.41) is 2.80. The number of carbonyl (C=O) groups is 2. The van der Waals surface area contributed by atoms with Crippen molar-refractivity contribution in [1.29, 1.82) is 0 Å². The van der Waals surface area contributed by atoms with Crippen molar-refractivity contribution in [2.24, 2.45) is 0 Å². The molecule has 0 aliphatic rings. The lowest BCUT2D eigenvalue weighted by atomic mass is 10.2. The van der Waals surface area contributed by atoms with Crippen molar-refractivity contribution in [3.63, 3.8) is 0 Å².